The van der Waals surface area contributed by atoms with E-state index in [2.05, 4.69) is 81.1 Å². The number of nitrogens with zero attached hydrogens (tertiary/aromatic N) is 5. The zero-order valence-electron chi connectivity index (χ0n) is 19.3. The number of ether oxygens (including phenoxy) is 1. The van der Waals surface area contributed by atoms with Crippen molar-refractivity contribution in [3.8, 4) is 0 Å². The van der Waals surface area contributed by atoms with Crippen LogP contribution in [0.3, 0.4) is 0 Å². The Kier molecular flexibility index (Phi) is 6.53. The maximum atomic E-state index is 6.12. The Hall–Kier alpha value is -3.00. The summed E-state index contributed by atoms with van der Waals surface area (Å²) in [7, 11) is 2.18. The fourth-order valence-electron chi connectivity index (χ4n) is 4.59. The van der Waals surface area contributed by atoms with Crippen molar-refractivity contribution < 1.29 is 4.74 Å². The SMILES string of the molecule is C=CCN1CCO[C@@H](c2cccc3cnc(Nc4ccc(N5CCN(C)CC5)cc4)nc23)C1. The lowest BCUT2D eigenvalue weighted by molar-refractivity contribution is -0.0253. The van der Waals surface area contributed by atoms with Crippen molar-refractivity contribution in [2.45, 2.75) is 6.10 Å². The summed E-state index contributed by atoms with van der Waals surface area (Å²) in [5, 5.41) is 4.40. The molecule has 5 rings (SSSR count). The van der Waals surface area contributed by atoms with Gasteiger partial charge in [-0.15, -0.1) is 6.58 Å². The van der Waals surface area contributed by atoms with E-state index in [9.17, 15) is 0 Å². The average Bonchev–Trinajstić information content (AvgIpc) is 2.85. The highest BCUT2D eigenvalue weighted by Crippen LogP contribution is 2.29. The summed E-state index contributed by atoms with van der Waals surface area (Å²) in [6.07, 6.45) is 3.83. The van der Waals surface area contributed by atoms with Gasteiger partial charge in [-0.1, -0.05) is 24.3 Å². The summed E-state index contributed by atoms with van der Waals surface area (Å²) >= 11 is 0. The first kappa shape index (κ1) is 21.8. The standard InChI is InChI=1S/C26H32N6O/c1-3-11-31-16-17-33-24(19-31)23-6-4-5-20-18-27-26(29-25(20)23)28-21-7-9-22(10-8-21)32-14-12-30(2)13-15-32/h3-10,18,24H,1,11-17,19H2,2H3,(H,27,28,29)/t24-/m1/s1. The van der Waals surface area contributed by atoms with Gasteiger partial charge in [-0.05, 0) is 31.3 Å². The Morgan fingerprint density at radius 2 is 1.91 bits per heavy atom. The van der Waals surface area contributed by atoms with Gasteiger partial charge in [0.05, 0.1) is 18.2 Å². The summed E-state index contributed by atoms with van der Waals surface area (Å²) in [4.78, 5) is 16.6. The van der Waals surface area contributed by atoms with E-state index in [4.69, 9.17) is 9.72 Å². The molecule has 0 aliphatic carbocycles. The van der Waals surface area contributed by atoms with Crippen molar-refractivity contribution in [1.82, 2.24) is 19.8 Å². The molecule has 1 atom stereocenters. The molecule has 7 heteroatoms. The molecule has 3 heterocycles. The van der Waals surface area contributed by atoms with Crippen LogP contribution in [0.2, 0.25) is 0 Å². The molecule has 2 aliphatic heterocycles. The van der Waals surface area contributed by atoms with Gasteiger partial charge in [-0.25, -0.2) is 9.97 Å². The van der Waals surface area contributed by atoms with E-state index in [1.54, 1.807) is 0 Å². The van der Waals surface area contributed by atoms with E-state index < -0.39 is 0 Å². The van der Waals surface area contributed by atoms with Crippen LogP contribution in [0, 0.1) is 0 Å². The van der Waals surface area contributed by atoms with Crippen LogP contribution in [-0.4, -0.2) is 79.2 Å². The molecule has 2 fully saturated rings. The van der Waals surface area contributed by atoms with Gasteiger partial charge >= 0.3 is 0 Å². The van der Waals surface area contributed by atoms with Gasteiger partial charge in [0, 0.05) is 74.3 Å². The third-order valence-electron chi connectivity index (χ3n) is 6.52. The summed E-state index contributed by atoms with van der Waals surface area (Å²) in [6.45, 7) is 11.6. The highest BCUT2D eigenvalue weighted by atomic mass is 16.5. The highest BCUT2D eigenvalue weighted by Gasteiger charge is 2.23. The number of hydrogen-bond acceptors (Lipinski definition) is 7. The van der Waals surface area contributed by atoms with Gasteiger partial charge in [-0.3, -0.25) is 4.90 Å². The summed E-state index contributed by atoms with van der Waals surface area (Å²) in [6, 6.07) is 14.8. The van der Waals surface area contributed by atoms with Crippen LogP contribution in [0.25, 0.3) is 10.9 Å². The summed E-state index contributed by atoms with van der Waals surface area (Å²) < 4.78 is 6.12. The summed E-state index contributed by atoms with van der Waals surface area (Å²) in [5.74, 6) is 0.598. The minimum absolute atomic E-state index is 0.00646. The Morgan fingerprint density at radius 1 is 1.09 bits per heavy atom. The van der Waals surface area contributed by atoms with Crippen molar-refractivity contribution in [1.29, 1.82) is 0 Å². The smallest absolute Gasteiger partial charge is 0.227 e. The van der Waals surface area contributed by atoms with E-state index in [1.807, 2.05) is 12.3 Å². The molecule has 0 bridgehead atoms. The Labute approximate surface area is 195 Å². The second-order valence-electron chi connectivity index (χ2n) is 8.85. The second-order valence-corrected chi connectivity index (χ2v) is 8.85. The number of likely N-dealkylation sites (N-methyl/N-ethyl adjacent to an activating group) is 1. The number of aromatic nitrogens is 2. The molecule has 7 nitrogen and oxygen atoms in total. The van der Waals surface area contributed by atoms with Gasteiger partial charge in [-0.2, -0.15) is 0 Å². The number of piperazine rings is 1. The van der Waals surface area contributed by atoms with Crippen molar-refractivity contribution in [3.63, 3.8) is 0 Å². The van der Waals surface area contributed by atoms with Crippen molar-refractivity contribution in [2.24, 2.45) is 0 Å². The molecular weight excluding hydrogens is 412 g/mol. The third kappa shape index (κ3) is 5.00. The molecule has 2 saturated heterocycles. The Balaban J connectivity index is 1.34. The van der Waals surface area contributed by atoms with Gasteiger partial charge in [0.2, 0.25) is 5.95 Å². The lowest BCUT2D eigenvalue weighted by Gasteiger charge is -2.34. The van der Waals surface area contributed by atoms with Crippen LogP contribution in [0.4, 0.5) is 17.3 Å². The monoisotopic (exact) mass is 444 g/mol. The minimum Gasteiger partial charge on any atom is -0.371 e. The molecular formula is C26H32N6O. The fraction of sp³-hybridized carbons (Fsp3) is 0.385. The molecule has 1 aromatic heterocycles. The molecule has 3 aromatic rings. The zero-order valence-corrected chi connectivity index (χ0v) is 19.3. The van der Waals surface area contributed by atoms with Gasteiger partial charge < -0.3 is 19.9 Å². The first-order chi connectivity index (χ1) is 16.2. The molecule has 0 amide bonds. The number of rotatable bonds is 6. The normalized spacial score (nSPS) is 20.2. The predicted octanol–water partition coefficient (Wildman–Crippen LogP) is 3.68. The van der Waals surface area contributed by atoms with Crippen LogP contribution in [0.5, 0.6) is 0 Å². The average molecular weight is 445 g/mol. The molecule has 33 heavy (non-hydrogen) atoms. The first-order valence-corrected chi connectivity index (χ1v) is 11.7. The van der Waals surface area contributed by atoms with E-state index >= 15 is 0 Å². The number of para-hydroxylation sites is 1. The molecule has 172 valence electrons. The third-order valence-corrected chi connectivity index (χ3v) is 6.52. The van der Waals surface area contributed by atoms with E-state index in [0.29, 0.717) is 12.6 Å². The fourth-order valence-corrected chi connectivity index (χ4v) is 4.59. The molecule has 2 aromatic carbocycles. The minimum atomic E-state index is -0.00646. The van der Waals surface area contributed by atoms with Crippen LogP contribution < -0.4 is 10.2 Å². The Bertz CT molecular complexity index is 1090. The van der Waals surface area contributed by atoms with Gasteiger partial charge in [0.25, 0.3) is 0 Å². The van der Waals surface area contributed by atoms with Crippen LogP contribution >= 0.6 is 0 Å². The van der Waals surface area contributed by atoms with Crippen molar-refractivity contribution >= 4 is 28.2 Å². The van der Waals surface area contributed by atoms with Crippen LogP contribution in [0.15, 0.2) is 61.3 Å². The number of anilines is 3. The van der Waals surface area contributed by atoms with Crippen LogP contribution in [-0.2, 0) is 4.74 Å². The van der Waals surface area contributed by atoms with Gasteiger partial charge in [0.15, 0.2) is 0 Å². The predicted molar refractivity (Wildman–Crippen MR) is 134 cm³/mol. The number of morpholine rings is 1. The van der Waals surface area contributed by atoms with Gasteiger partial charge in [0.1, 0.15) is 0 Å². The Morgan fingerprint density at radius 3 is 2.70 bits per heavy atom. The van der Waals surface area contributed by atoms with Crippen LogP contribution in [0.1, 0.15) is 11.7 Å². The van der Waals surface area contributed by atoms with E-state index in [1.165, 1.54) is 5.69 Å². The zero-order chi connectivity index (χ0) is 22.6. The summed E-state index contributed by atoms with van der Waals surface area (Å²) in [5.41, 5.74) is 4.29. The highest BCUT2D eigenvalue weighted by molar-refractivity contribution is 5.82. The maximum absolute atomic E-state index is 6.12. The number of hydrogen-bond donors (Lipinski definition) is 1. The maximum Gasteiger partial charge on any atom is 0.227 e. The largest absolute Gasteiger partial charge is 0.371 e. The molecule has 0 unspecified atom stereocenters. The number of nitrogens with one attached hydrogen (secondary N) is 1. The first-order valence-electron chi connectivity index (χ1n) is 11.7. The molecule has 0 saturated carbocycles. The number of benzene rings is 2. The molecule has 2 aliphatic rings. The molecule has 0 radical (unpaired) electrons. The topological polar surface area (TPSA) is 56.8 Å². The molecule has 1 N–H and O–H groups in total. The van der Waals surface area contributed by atoms with Crippen molar-refractivity contribution in [3.05, 3.63) is 66.9 Å². The molecule has 0 spiro atoms. The quantitative estimate of drug-likeness (QED) is 0.582. The number of fused-ring (bicyclic) bond motifs is 1. The lowest BCUT2D eigenvalue weighted by Crippen LogP contribution is -2.44. The lowest BCUT2D eigenvalue weighted by atomic mass is 10.0. The van der Waals surface area contributed by atoms with E-state index in [-0.39, 0.29) is 6.10 Å². The van der Waals surface area contributed by atoms with E-state index in [0.717, 1.165) is 68.0 Å². The van der Waals surface area contributed by atoms with Crippen molar-refractivity contribution in [2.75, 3.05) is 69.7 Å². The second kappa shape index (κ2) is 9.87.